The number of anilines is 1. The lowest BCUT2D eigenvalue weighted by atomic mass is 10.1. The number of pyridine rings is 1. The van der Waals surface area contributed by atoms with Crippen LogP contribution in [0.2, 0.25) is 0 Å². The van der Waals surface area contributed by atoms with Gasteiger partial charge in [-0.2, -0.15) is 5.10 Å². The molecule has 0 aliphatic carbocycles. The van der Waals surface area contributed by atoms with Crippen LogP contribution in [0.3, 0.4) is 0 Å². The molecule has 108 valence electrons. The summed E-state index contributed by atoms with van der Waals surface area (Å²) in [6, 6.07) is 8.13. The predicted octanol–water partition coefficient (Wildman–Crippen LogP) is 3.91. The summed E-state index contributed by atoms with van der Waals surface area (Å²) in [5, 5.41) is 9.10. The maximum atomic E-state index is 4.47. The number of nitrogens with one attached hydrogen (secondary N) is 1. The molecule has 0 bridgehead atoms. The molecule has 0 radical (unpaired) electrons. The minimum Gasteiger partial charge on any atom is -0.380 e. The molecule has 3 rings (SSSR count). The van der Waals surface area contributed by atoms with Gasteiger partial charge < -0.3 is 5.32 Å². The monoisotopic (exact) mass is 344 g/mol. The molecule has 1 aromatic carbocycles. The summed E-state index contributed by atoms with van der Waals surface area (Å²) in [4.78, 5) is 4.40. The van der Waals surface area contributed by atoms with Crippen LogP contribution in [0.4, 0.5) is 5.69 Å². The predicted molar refractivity (Wildman–Crippen MR) is 89.4 cm³/mol. The molecule has 2 aromatic heterocycles. The number of hydrogen-bond acceptors (Lipinski definition) is 3. The van der Waals surface area contributed by atoms with Gasteiger partial charge in [-0.15, -0.1) is 0 Å². The number of aromatic nitrogens is 3. The third-order valence-corrected chi connectivity index (χ3v) is 3.99. The van der Waals surface area contributed by atoms with Gasteiger partial charge in [0.15, 0.2) is 0 Å². The van der Waals surface area contributed by atoms with Gasteiger partial charge in [-0.1, -0.05) is 22.9 Å². The van der Waals surface area contributed by atoms with Crippen molar-refractivity contribution in [1.29, 1.82) is 0 Å². The number of hydrogen-bond donors (Lipinski definition) is 1. The molecule has 0 fully saturated rings. The van der Waals surface area contributed by atoms with E-state index in [1.807, 2.05) is 36.1 Å². The van der Waals surface area contributed by atoms with Crippen molar-refractivity contribution >= 4 is 32.5 Å². The normalized spacial score (nSPS) is 11.0. The van der Waals surface area contributed by atoms with Crippen molar-refractivity contribution in [2.24, 2.45) is 7.05 Å². The average Bonchev–Trinajstić information content (AvgIpc) is 2.85. The van der Waals surface area contributed by atoms with Crippen LogP contribution in [0.5, 0.6) is 0 Å². The molecular weight excluding hydrogens is 328 g/mol. The van der Waals surface area contributed by atoms with Crippen LogP contribution in [-0.2, 0) is 20.0 Å². The van der Waals surface area contributed by atoms with E-state index < -0.39 is 0 Å². The molecule has 2 heterocycles. The van der Waals surface area contributed by atoms with E-state index >= 15 is 0 Å². The van der Waals surface area contributed by atoms with E-state index in [9.17, 15) is 0 Å². The Labute approximate surface area is 132 Å². The summed E-state index contributed by atoms with van der Waals surface area (Å²) in [7, 11) is 1.96. The van der Waals surface area contributed by atoms with Crippen LogP contribution < -0.4 is 5.32 Å². The van der Waals surface area contributed by atoms with Crippen molar-refractivity contribution in [2.75, 3.05) is 5.32 Å². The third kappa shape index (κ3) is 2.93. The number of aryl methyl sites for hydroxylation is 2. The maximum absolute atomic E-state index is 4.47. The standard InChI is InChI=1S/C16H17BrN4/c1-3-14-11(10-21(2)20-14)9-19-16-6-7-18-15-5-4-12(17)8-13(15)16/h4-8,10H,3,9H2,1-2H3,(H,18,19). The third-order valence-electron chi connectivity index (χ3n) is 3.50. The van der Waals surface area contributed by atoms with Crippen LogP contribution in [0.1, 0.15) is 18.2 Å². The van der Waals surface area contributed by atoms with Gasteiger partial charge in [0.2, 0.25) is 0 Å². The van der Waals surface area contributed by atoms with Gasteiger partial charge in [0.05, 0.1) is 11.2 Å². The Morgan fingerprint density at radius 2 is 2.14 bits per heavy atom. The van der Waals surface area contributed by atoms with E-state index in [0.717, 1.165) is 39.7 Å². The van der Waals surface area contributed by atoms with E-state index in [-0.39, 0.29) is 0 Å². The summed E-state index contributed by atoms with van der Waals surface area (Å²) in [6.45, 7) is 2.90. The van der Waals surface area contributed by atoms with Crippen molar-refractivity contribution in [3.63, 3.8) is 0 Å². The van der Waals surface area contributed by atoms with Gasteiger partial charge >= 0.3 is 0 Å². The molecule has 21 heavy (non-hydrogen) atoms. The zero-order chi connectivity index (χ0) is 14.8. The van der Waals surface area contributed by atoms with Crippen molar-refractivity contribution in [3.05, 3.63) is 52.4 Å². The SMILES string of the molecule is CCc1nn(C)cc1CNc1ccnc2ccc(Br)cc12. The van der Waals surface area contributed by atoms with Crippen LogP contribution >= 0.6 is 15.9 Å². The topological polar surface area (TPSA) is 42.7 Å². The van der Waals surface area contributed by atoms with E-state index in [0.29, 0.717) is 0 Å². The minimum atomic E-state index is 0.767. The summed E-state index contributed by atoms with van der Waals surface area (Å²) in [6.07, 6.45) is 4.86. The first-order chi connectivity index (χ1) is 10.2. The van der Waals surface area contributed by atoms with Gasteiger partial charge in [-0.05, 0) is 30.7 Å². The van der Waals surface area contributed by atoms with Crippen molar-refractivity contribution < 1.29 is 0 Å². The number of benzene rings is 1. The summed E-state index contributed by atoms with van der Waals surface area (Å²) in [5.41, 5.74) is 4.46. The van der Waals surface area contributed by atoms with Crippen LogP contribution in [0.15, 0.2) is 41.1 Å². The van der Waals surface area contributed by atoms with Crippen molar-refractivity contribution in [3.8, 4) is 0 Å². The molecule has 0 spiro atoms. The molecule has 4 nitrogen and oxygen atoms in total. The molecular formula is C16H17BrN4. The minimum absolute atomic E-state index is 0.767. The second-order valence-electron chi connectivity index (χ2n) is 5.00. The zero-order valence-corrected chi connectivity index (χ0v) is 13.7. The molecule has 0 aliphatic rings. The maximum Gasteiger partial charge on any atom is 0.0723 e. The molecule has 0 amide bonds. The second kappa shape index (κ2) is 5.85. The average molecular weight is 345 g/mol. The first-order valence-corrected chi connectivity index (χ1v) is 7.76. The van der Waals surface area contributed by atoms with E-state index in [2.05, 4.69) is 50.5 Å². The number of halogens is 1. The molecule has 0 unspecified atom stereocenters. The summed E-state index contributed by atoms with van der Waals surface area (Å²) in [5.74, 6) is 0. The highest BCUT2D eigenvalue weighted by Gasteiger charge is 2.07. The Kier molecular flexibility index (Phi) is 3.92. The smallest absolute Gasteiger partial charge is 0.0723 e. The molecule has 0 saturated carbocycles. The Hall–Kier alpha value is -1.88. The molecule has 5 heteroatoms. The Morgan fingerprint density at radius 1 is 1.29 bits per heavy atom. The number of rotatable bonds is 4. The Morgan fingerprint density at radius 3 is 2.95 bits per heavy atom. The highest BCUT2D eigenvalue weighted by molar-refractivity contribution is 9.10. The zero-order valence-electron chi connectivity index (χ0n) is 12.1. The Balaban J connectivity index is 1.89. The highest BCUT2D eigenvalue weighted by Crippen LogP contribution is 2.25. The van der Waals surface area contributed by atoms with Gasteiger partial charge in [0.1, 0.15) is 0 Å². The lowest BCUT2D eigenvalue weighted by Gasteiger charge is -2.09. The van der Waals surface area contributed by atoms with Gasteiger partial charge in [-0.3, -0.25) is 9.67 Å². The van der Waals surface area contributed by atoms with Gasteiger partial charge in [0.25, 0.3) is 0 Å². The first kappa shape index (κ1) is 14.1. The molecule has 0 aliphatic heterocycles. The second-order valence-corrected chi connectivity index (χ2v) is 5.92. The van der Waals surface area contributed by atoms with Crippen molar-refractivity contribution in [2.45, 2.75) is 19.9 Å². The fourth-order valence-electron chi connectivity index (χ4n) is 2.49. The lowest BCUT2D eigenvalue weighted by Crippen LogP contribution is -2.02. The van der Waals surface area contributed by atoms with Gasteiger partial charge in [0, 0.05) is 47.1 Å². The summed E-state index contributed by atoms with van der Waals surface area (Å²) >= 11 is 3.52. The highest BCUT2D eigenvalue weighted by atomic mass is 79.9. The van der Waals surface area contributed by atoms with Gasteiger partial charge in [-0.25, -0.2) is 0 Å². The van der Waals surface area contributed by atoms with Crippen LogP contribution in [0.25, 0.3) is 10.9 Å². The van der Waals surface area contributed by atoms with E-state index in [4.69, 9.17) is 0 Å². The molecule has 1 N–H and O–H groups in total. The fourth-order valence-corrected chi connectivity index (χ4v) is 2.85. The molecule has 0 saturated heterocycles. The first-order valence-electron chi connectivity index (χ1n) is 6.97. The number of nitrogens with zero attached hydrogens (tertiary/aromatic N) is 3. The van der Waals surface area contributed by atoms with E-state index in [1.54, 1.807) is 0 Å². The van der Waals surface area contributed by atoms with Crippen LogP contribution in [0, 0.1) is 0 Å². The fraction of sp³-hybridized carbons (Fsp3) is 0.250. The number of fused-ring (bicyclic) bond motifs is 1. The van der Waals surface area contributed by atoms with E-state index in [1.165, 1.54) is 5.56 Å². The quantitative estimate of drug-likeness (QED) is 0.780. The van der Waals surface area contributed by atoms with Crippen molar-refractivity contribution in [1.82, 2.24) is 14.8 Å². The largest absolute Gasteiger partial charge is 0.380 e. The summed E-state index contributed by atoms with van der Waals surface area (Å²) < 4.78 is 2.93. The molecule has 3 aromatic rings. The lowest BCUT2D eigenvalue weighted by molar-refractivity contribution is 0.746. The Bertz CT molecular complexity index is 779. The molecule has 0 atom stereocenters. The van der Waals surface area contributed by atoms with Crippen LogP contribution in [-0.4, -0.2) is 14.8 Å².